The minimum Gasteiger partial charge on any atom is -0.462 e. The molecule has 1 N–H and O–H groups in total. The summed E-state index contributed by atoms with van der Waals surface area (Å²) < 4.78 is 18.2. The van der Waals surface area contributed by atoms with Gasteiger partial charge >= 0.3 is 5.97 Å². The van der Waals surface area contributed by atoms with Crippen LogP contribution in [0.3, 0.4) is 0 Å². The van der Waals surface area contributed by atoms with Gasteiger partial charge in [0.25, 0.3) is 0 Å². The van der Waals surface area contributed by atoms with Crippen molar-refractivity contribution in [2.45, 2.75) is 13.3 Å². The van der Waals surface area contributed by atoms with E-state index in [0.717, 1.165) is 6.07 Å². The van der Waals surface area contributed by atoms with Gasteiger partial charge in [0, 0.05) is 12.6 Å². The number of ether oxygens (including phenoxy) is 1. The monoisotopic (exact) mass is 225 g/mol. The molecule has 0 saturated heterocycles. The van der Waals surface area contributed by atoms with E-state index in [9.17, 15) is 9.18 Å². The molecular formula is C11H12FNO3. The summed E-state index contributed by atoms with van der Waals surface area (Å²) in [5, 5.41) is 11.0. The minimum atomic E-state index is -0.552. The van der Waals surface area contributed by atoms with Gasteiger partial charge < -0.3 is 9.94 Å². The molecule has 5 heteroatoms. The molecule has 0 radical (unpaired) electrons. The molecule has 0 aromatic heterocycles. The molecule has 16 heavy (non-hydrogen) atoms. The van der Waals surface area contributed by atoms with Gasteiger partial charge in [-0.2, -0.15) is 0 Å². The zero-order chi connectivity index (χ0) is 12.0. The fourth-order valence-corrected chi connectivity index (χ4v) is 1.19. The van der Waals surface area contributed by atoms with E-state index in [0.29, 0.717) is 5.56 Å². The molecule has 1 rings (SSSR count). The molecule has 0 spiro atoms. The van der Waals surface area contributed by atoms with Gasteiger partial charge in [-0.1, -0.05) is 6.07 Å². The molecule has 1 aromatic carbocycles. The zero-order valence-electron chi connectivity index (χ0n) is 8.81. The Kier molecular flexibility index (Phi) is 4.44. The van der Waals surface area contributed by atoms with Crippen LogP contribution in [0.2, 0.25) is 0 Å². The normalized spacial score (nSPS) is 10.6. The van der Waals surface area contributed by atoms with Gasteiger partial charge in [-0.15, -0.1) is 5.16 Å². The second kappa shape index (κ2) is 5.85. The van der Waals surface area contributed by atoms with Crippen molar-refractivity contribution in [2.75, 3.05) is 6.61 Å². The summed E-state index contributed by atoms with van der Waals surface area (Å²) in [5.41, 5.74) is 0.523. The summed E-state index contributed by atoms with van der Waals surface area (Å²) in [5.74, 6) is -1.07. The molecule has 0 amide bonds. The molecule has 0 heterocycles. The molecule has 4 nitrogen and oxygen atoms in total. The molecule has 0 unspecified atom stereocenters. The summed E-state index contributed by atoms with van der Waals surface area (Å²) in [6, 6.07) is 4.05. The Hall–Kier alpha value is -1.91. The summed E-state index contributed by atoms with van der Waals surface area (Å²) in [4.78, 5) is 11.3. The predicted octanol–water partition coefficient (Wildman–Crippen LogP) is 2.00. The Morgan fingerprint density at radius 3 is 2.94 bits per heavy atom. The van der Waals surface area contributed by atoms with Crippen molar-refractivity contribution in [1.82, 2.24) is 0 Å². The van der Waals surface area contributed by atoms with E-state index in [2.05, 4.69) is 5.16 Å². The fraction of sp³-hybridized carbons (Fsp3) is 0.273. The van der Waals surface area contributed by atoms with Crippen molar-refractivity contribution in [1.29, 1.82) is 0 Å². The van der Waals surface area contributed by atoms with Crippen LogP contribution in [0.5, 0.6) is 0 Å². The standard InChI is InChI=1S/C11H12FNO3/c1-2-16-11(14)9-4-3-8(5-6-13-15)10(12)7-9/h3-4,6-7,15H,2,5H2,1H3. The first-order valence-electron chi connectivity index (χ1n) is 4.80. The maximum atomic E-state index is 13.4. The zero-order valence-corrected chi connectivity index (χ0v) is 8.81. The van der Waals surface area contributed by atoms with E-state index < -0.39 is 11.8 Å². The van der Waals surface area contributed by atoms with E-state index in [4.69, 9.17) is 9.94 Å². The van der Waals surface area contributed by atoms with Crippen LogP contribution >= 0.6 is 0 Å². The Labute approximate surface area is 92.3 Å². The number of hydrogen-bond acceptors (Lipinski definition) is 4. The Bertz CT molecular complexity index is 404. The average molecular weight is 225 g/mol. The number of benzene rings is 1. The van der Waals surface area contributed by atoms with E-state index in [1.807, 2.05) is 0 Å². The highest BCUT2D eigenvalue weighted by Gasteiger charge is 2.09. The lowest BCUT2D eigenvalue weighted by Crippen LogP contribution is -2.05. The lowest BCUT2D eigenvalue weighted by atomic mass is 10.1. The molecule has 0 aliphatic rings. The van der Waals surface area contributed by atoms with E-state index in [-0.39, 0.29) is 18.6 Å². The van der Waals surface area contributed by atoms with Crippen molar-refractivity contribution in [3.05, 3.63) is 35.1 Å². The number of nitrogens with zero attached hydrogens (tertiary/aromatic N) is 1. The van der Waals surface area contributed by atoms with E-state index in [1.54, 1.807) is 6.92 Å². The van der Waals surface area contributed by atoms with Crippen LogP contribution in [0.1, 0.15) is 22.8 Å². The second-order valence-corrected chi connectivity index (χ2v) is 3.03. The third-order valence-electron chi connectivity index (χ3n) is 1.96. The summed E-state index contributed by atoms with van der Waals surface area (Å²) in [7, 11) is 0. The topological polar surface area (TPSA) is 58.9 Å². The van der Waals surface area contributed by atoms with E-state index in [1.165, 1.54) is 18.3 Å². The van der Waals surface area contributed by atoms with Crippen LogP contribution in [0.25, 0.3) is 0 Å². The molecule has 0 bridgehead atoms. The van der Waals surface area contributed by atoms with Crippen molar-refractivity contribution in [3.8, 4) is 0 Å². The summed E-state index contributed by atoms with van der Waals surface area (Å²) >= 11 is 0. The molecular weight excluding hydrogens is 213 g/mol. The Morgan fingerprint density at radius 2 is 2.38 bits per heavy atom. The Morgan fingerprint density at radius 1 is 1.62 bits per heavy atom. The maximum absolute atomic E-state index is 13.4. The van der Waals surface area contributed by atoms with Crippen molar-refractivity contribution in [2.24, 2.45) is 5.16 Å². The van der Waals surface area contributed by atoms with Crippen LogP contribution in [0.15, 0.2) is 23.4 Å². The number of hydrogen-bond donors (Lipinski definition) is 1. The van der Waals surface area contributed by atoms with Gasteiger partial charge in [-0.3, -0.25) is 0 Å². The fourth-order valence-electron chi connectivity index (χ4n) is 1.19. The average Bonchev–Trinajstić information content (AvgIpc) is 2.27. The smallest absolute Gasteiger partial charge is 0.338 e. The van der Waals surface area contributed by atoms with Crippen molar-refractivity contribution in [3.63, 3.8) is 0 Å². The number of rotatable bonds is 4. The molecule has 86 valence electrons. The lowest BCUT2D eigenvalue weighted by Gasteiger charge is -2.04. The second-order valence-electron chi connectivity index (χ2n) is 3.03. The highest BCUT2D eigenvalue weighted by atomic mass is 19.1. The maximum Gasteiger partial charge on any atom is 0.338 e. The minimum absolute atomic E-state index is 0.170. The third-order valence-corrected chi connectivity index (χ3v) is 1.96. The predicted molar refractivity (Wildman–Crippen MR) is 56.3 cm³/mol. The van der Waals surface area contributed by atoms with Crippen molar-refractivity contribution >= 4 is 12.2 Å². The van der Waals surface area contributed by atoms with Gasteiger partial charge in [0.15, 0.2) is 0 Å². The SMILES string of the molecule is CCOC(=O)c1ccc(CC=NO)c(F)c1. The van der Waals surface area contributed by atoms with Crippen LogP contribution in [-0.2, 0) is 11.2 Å². The quantitative estimate of drug-likeness (QED) is 0.369. The highest BCUT2D eigenvalue weighted by Crippen LogP contribution is 2.11. The molecule has 0 saturated carbocycles. The van der Waals surface area contributed by atoms with Gasteiger partial charge in [0.1, 0.15) is 5.82 Å². The first kappa shape index (κ1) is 12.2. The van der Waals surface area contributed by atoms with Crippen molar-refractivity contribution < 1.29 is 19.1 Å². The number of carbonyl (C=O) groups is 1. The molecule has 0 aliphatic carbocycles. The lowest BCUT2D eigenvalue weighted by molar-refractivity contribution is 0.0526. The number of oxime groups is 1. The molecule has 0 aliphatic heterocycles. The largest absolute Gasteiger partial charge is 0.462 e. The van der Waals surface area contributed by atoms with Crippen LogP contribution in [0, 0.1) is 5.82 Å². The van der Waals surface area contributed by atoms with Crippen LogP contribution < -0.4 is 0 Å². The van der Waals surface area contributed by atoms with Gasteiger partial charge in [0.05, 0.1) is 12.2 Å². The summed E-state index contributed by atoms with van der Waals surface area (Å²) in [6.07, 6.45) is 1.34. The third kappa shape index (κ3) is 3.05. The molecule has 1 aromatic rings. The molecule has 0 atom stereocenters. The van der Waals surface area contributed by atoms with Gasteiger partial charge in [-0.05, 0) is 24.6 Å². The van der Waals surface area contributed by atoms with Gasteiger partial charge in [-0.25, -0.2) is 9.18 Å². The van der Waals surface area contributed by atoms with Crippen LogP contribution in [0.4, 0.5) is 4.39 Å². The number of esters is 1. The van der Waals surface area contributed by atoms with Gasteiger partial charge in [0.2, 0.25) is 0 Å². The molecule has 0 fully saturated rings. The van der Waals surface area contributed by atoms with Crippen LogP contribution in [-0.4, -0.2) is 24.0 Å². The number of halogens is 1. The first-order chi connectivity index (χ1) is 7.69. The number of carbonyl (C=O) groups excluding carboxylic acids is 1. The summed E-state index contributed by atoms with van der Waals surface area (Å²) in [6.45, 7) is 1.93. The highest BCUT2D eigenvalue weighted by molar-refractivity contribution is 5.89. The van der Waals surface area contributed by atoms with E-state index >= 15 is 0 Å². The first-order valence-corrected chi connectivity index (χ1v) is 4.80. The Balaban J connectivity index is 2.86.